The van der Waals surface area contributed by atoms with E-state index in [1.807, 2.05) is 0 Å². The van der Waals surface area contributed by atoms with Crippen molar-refractivity contribution in [2.24, 2.45) is 0 Å². The van der Waals surface area contributed by atoms with Gasteiger partial charge in [-0.3, -0.25) is 4.79 Å². The first-order chi connectivity index (χ1) is 9.06. The number of hydrogen-bond acceptors (Lipinski definition) is 2. The van der Waals surface area contributed by atoms with E-state index in [0.29, 0.717) is 21.9 Å². The number of ether oxygens (including phenoxy) is 1. The van der Waals surface area contributed by atoms with Gasteiger partial charge in [0.15, 0.2) is 12.4 Å². The van der Waals surface area contributed by atoms with Gasteiger partial charge in [0.25, 0.3) is 0 Å². The van der Waals surface area contributed by atoms with Crippen molar-refractivity contribution in [2.75, 3.05) is 6.61 Å². The maximum atomic E-state index is 12.9. The summed E-state index contributed by atoms with van der Waals surface area (Å²) in [5, 5.41) is 0.605. The minimum atomic E-state index is -0.354. The third-order valence-corrected chi connectivity index (χ3v) is 2.92. The highest BCUT2D eigenvalue weighted by Gasteiger charge is 2.10. The fourth-order valence-electron chi connectivity index (χ4n) is 1.70. The maximum Gasteiger partial charge on any atom is 0.200 e. The monoisotopic (exact) mass is 278 g/mol. The van der Waals surface area contributed by atoms with E-state index in [4.69, 9.17) is 16.3 Å². The molecule has 2 nitrogen and oxygen atoms in total. The molecule has 0 N–H and O–H groups in total. The zero-order valence-electron chi connectivity index (χ0n) is 10.3. The number of halogens is 2. The number of ketones is 1. The third-order valence-electron chi connectivity index (χ3n) is 2.67. The molecule has 0 saturated heterocycles. The highest BCUT2D eigenvalue weighted by Crippen LogP contribution is 2.16. The molecule has 0 fully saturated rings. The van der Waals surface area contributed by atoms with Crippen molar-refractivity contribution in [1.82, 2.24) is 0 Å². The Kier molecular flexibility index (Phi) is 4.17. The lowest BCUT2D eigenvalue weighted by atomic mass is 10.1. The molecule has 4 heteroatoms. The number of Topliss-reactive ketones (excluding diaryl/α,β-unsaturated/α-hetero) is 1. The summed E-state index contributed by atoms with van der Waals surface area (Å²) in [6, 6.07) is 10.8. The van der Waals surface area contributed by atoms with E-state index in [0.717, 1.165) is 0 Å². The van der Waals surface area contributed by atoms with Crippen LogP contribution in [0, 0.1) is 12.7 Å². The molecule has 0 heterocycles. The number of carbonyl (C=O) groups is 1. The van der Waals surface area contributed by atoms with Crippen LogP contribution in [0.2, 0.25) is 5.02 Å². The molecule has 98 valence electrons. The first-order valence-corrected chi connectivity index (χ1v) is 6.12. The molecule has 2 aromatic rings. The number of benzene rings is 2. The average Bonchev–Trinajstić information content (AvgIpc) is 2.37. The summed E-state index contributed by atoms with van der Waals surface area (Å²) in [6.07, 6.45) is 0. The number of aryl methyl sites for hydroxylation is 1. The summed E-state index contributed by atoms with van der Waals surface area (Å²) < 4.78 is 18.3. The van der Waals surface area contributed by atoms with Gasteiger partial charge in [0.1, 0.15) is 11.6 Å². The number of rotatable bonds is 4. The standard InChI is InChI=1S/C15H12ClFO2/c1-10-8-12(17)4-7-14(10)15(18)9-19-13-5-2-11(16)3-6-13/h2-8H,9H2,1H3. The Balaban J connectivity index is 2.03. The number of carbonyl (C=O) groups excluding carboxylic acids is 1. The van der Waals surface area contributed by atoms with Crippen molar-refractivity contribution >= 4 is 17.4 Å². The lowest BCUT2D eigenvalue weighted by Gasteiger charge is -2.07. The summed E-state index contributed by atoms with van der Waals surface area (Å²) in [5.41, 5.74) is 1.07. The summed E-state index contributed by atoms with van der Waals surface area (Å²) in [7, 11) is 0. The molecular formula is C15H12ClFO2. The fraction of sp³-hybridized carbons (Fsp3) is 0.133. The molecule has 0 amide bonds. The Labute approximate surface area is 115 Å². The van der Waals surface area contributed by atoms with Gasteiger partial charge in [-0.2, -0.15) is 0 Å². The van der Waals surface area contributed by atoms with Gasteiger partial charge < -0.3 is 4.74 Å². The molecular weight excluding hydrogens is 267 g/mol. The van der Waals surface area contributed by atoms with Crippen LogP contribution in [-0.4, -0.2) is 12.4 Å². The zero-order chi connectivity index (χ0) is 13.8. The fourth-order valence-corrected chi connectivity index (χ4v) is 1.82. The van der Waals surface area contributed by atoms with Gasteiger partial charge in [-0.15, -0.1) is 0 Å². The molecule has 2 aromatic carbocycles. The largest absolute Gasteiger partial charge is 0.485 e. The van der Waals surface area contributed by atoms with E-state index in [-0.39, 0.29) is 18.2 Å². The van der Waals surface area contributed by atoms with Gasteiger partial charge in [0, 0.05) is 10.6 Å². The molecule has 0 aliphatic heterocycles. The highest BCUT2D eigenvalue weighted by atomic mass is 35.5. The Morgan fingerprint density at radius 2 is 1.89 bits per heavy atom. The normalized spacial score (nSPS) is 10.3. The highest BCUT2D eigenvalue weighted by molar-refractivity contribution is 6.30. The predicted octanol–water partition coefficient (Wildman–Crippen LogP) is 4.05. The predicted molar refractivity (Wildman–Crippen MR) is 72.4 cm³/mol. The first-order valence-electron chi connectivity index (χ1n) is 5.74. The SMILES string of the molecule is Cc1cc(F)ccc1C(=O)COc1ccc(Cl)cc1. The zero-order valence-corrected chi connectivity index (χ0v) is 11.1. The van der Waals surface area contributed by atoms with E-state index < -0.39 is 0 Å². The summed E-state index contributed by atoms with van der Waals surface area (Å²) in [6.45, 7) is 1.60. The van der Waals surface area contributed by atoms with E-state index in [1.54, 1.807) is 31.2 Å². The first kappa shape index (κ1) is 13.6. The molecule has 0 unspecified atom stereocenters. The van der Waals surface area contributed by atoms with Crippen molar-refractivity contribution in [2.45, 2.75) is 6.92 Å². The maximum absolute atomic E-state index is 12.9. The van der Waals surface area contributed by atoms with Crippen LogP contribution in [0.4, 0.5) is 4.39 Å². The van der Waals surface area contributed by atoms with Gasteiger partial charge in [-0.1, -0.05) is 11.6 Å². The molecule has 19 heavy (non-hydrogen) atoms. The molecule has 0 aromatic heterocycles. The topological polar surface area (TPSA) is 26.3 Å². The van der Waals surface area contributed by atoms with Gasteiger partial charge in [-0.05, 0) is 55.0 Å². The van der Waals surface area contributed by atoms with Crippen LogP contribution in [0.15, 0.2) is 42.5 Å². The molecule has 0 bridgehead atoms. The van der Waals surface area contributed by atoms with Crippen LogP contribution in [0.25, 0.3) is 0 Å². The van der Waals surface area contributed by atoms with Gasteiger partial charge in [0.05, 0.1) is 0 Å². The smallest absolute Gasteiger partial charge is 0.200 e. The van der Waals surface area contributed by atoms with Crippen LogP contribution >= 0.6 is 11.6 Å². The van der Waals surface area contributed by atoms with Crippen LogP contribution in [0.5, 0.6) is 5.75 Å². The molecule has 0 aliphatic carbocycles. The van der Waals surface area contributed by atoms with Crippen molar-refractivity contribution in [3.8, 4) is 5.75 Å². The van der Waals surface area contributed by atoms with Crippen LogP contribution in [-0.2, 0) is 0 Å². The summed E-state index contributed by atoms with van der Waals surface area (Å²) in [4.78, 5) is 11.9. The van der Waals surface area contributed by atoms with Crippen LogP contribution in [0.3, 0.4) is 0 Å². The average molecular weight is 279 g/mol. The molecule has 2 rings (SSSR count). The van der Waals surface area contributed by atoms with E-state index >= 15 is 0 Å². The van der Waals surface area contributed by atoms with Crippen molar-refractivity contribution in [3.05, 3.63) is 64.4 Å². The summed E-state index contributed by atoms with van der Waals surface area (Å²) >= 11 is 5.75. The molecule has 0 atom stereocenters. The van der Waals surface area contributed by atoms with E-state index in [1.165, 1.54) is 18.2 Å². The quantitative estimate of drug-likeness (QED) is 0.789. The van der Waals surface area contributed by atoms with Crippen molar-refractivity contribution in [1.29, 1.82) is 0 Å². The van der Waals surface area contributed by atoms with Crippen LogP contribution < -0.4 is 4.74 Å². The lowest BCUT2D eigenvalue weighted by Crippen LogP contribution is -2.13. The molecule has 0 saturated carbocycles. The van der Waals surface area contributed by atoms with Gasteiger partial charge in [-0.25, -0.2) is 4.39 Å². The Hall–Kier alpha value is -1.87. The Morgan fingerprint density at radius 3 is 2.53 bits per heavy atom. The molecule has 0 aliphatic rings. The number of hydrogen-bond donors (Lipinski definition) is 0. The molecule has 0 radical (unpaired) electrons. The lowest BCUT2D eigenvalue weighted by molar-refractivity contribution is 0.0921. The minimum Gasteiger partial charge on any atom is -0.485 e. The van der Waals surface area contributed by atoms with E-state index in [9.17, 15) is 9.18 Å². The second-order valence-electron chi connectivity index (χ2n) is 4.13. The van der Waals surface area contributed by atoms with Crippen LogP contribution in [0.1, 0.15) is 15.9 Å². The molecule has 0 spiro atoms. The second-order valence-corrected chi connectivity index (χ2v) is 4.56. The summed E-state index contributed by atoms with van der Waals surface area (Å²) in [5.74, 6) is 0.0256. The Bertz CT molecular complexity index is 594. The van der Waals surface area contributed by atoms with Crippen molar-refractivity contribution in [3.63, 3.8) is 0 Å². The van der Waals surface area contributed by atoms with Gasteiger partial charge in [0.2, 0.25) is 0 Å². The second kappa shape index (κ2) is 5.85. The Morgan fingerprint density at radius 1 is 1.21 bits per heavy atom. The van der Waals surface area contributed by atoms with Gasteiger partial charge >= 0.3 is 0 Å². The van der Waals surface area contributed by atoms with Crippen molar-refractivity contribution < 1.29 is 13.9 Å². The van der Waals surface area contributed by atoms with E-state index in [2.05, 4.69) is 0 Å². The third kappa shape index (κ3) is 3.55. The minimum absolute atomic E-state index is 0.0892.